The maximum atomic E-state index is 4.94. The van der Waals surface area contributed by atoms with Gasteiger partial charge in [0, 0.05) is 0 Å². The molecule has 0 aliphatic carbocycles. The Balaban J connectivity index is 2.29. The highest BCUT2D eigenvalue weighted by Gasteiger charge is 2.13. The SMILES string of the molecule is CN(C)C1OC=CO1. The van der Waals surface area contributed by atoms with E-state index in [1.165, 1.54) is 12.5 Å². The standard InChI is InChI=1S/C5H9NO2/c1-6(2)5-7-3-4-8-5/h3-5H,1-2H3. The van der Waals surface area contributed by atoms with Crippen LogP contribution in [0.4, 0.5) is 0 Å². The Morgan fingerprint density at radius 3 is 2.00 bits per heavy atom. The maximum absolute atomic E-state index is 4.94. The minimum atomic E-state index is -0.213. The molecule has 0 radical (unpaired) electrons. The minimum absolute atomic E-state index is 0.213. The molecule has 0 aromatic rings. The molecule has 0 saturated carbocycles. The molecule has 1 heterocycles. The highest BCUT2D eigenvalue weighted by Crippen LogP contribution is 2.05. The van der Waals surface area contributed by atoms with E-state index < -0.39 is 0 Å². The molecule has 0 aromatic heterocycles. The van der Waals surface area contributed by atoms with Crippen LogP contribution in [-0.2, 0) is 9.47 Å². The summed E-state index contributed by atoms with van der Waals surface area (Å²) in [6.45, 7) is 0. The van der Waals surface area contributed by atoms with E-state index in [2.05, 4.69) is 0 Å². The van der Waals surface area contributed by atoms with Gasteiger partial charge >= 0.3 is 6.41 Å². The molecule has 0 unspecified atom stereocenters. The summed E-state index contributed by atoms with van der Waals surface area (Å²) in [6, 6.07) is 0. The molecule has 0 atom stereocenters. The molecule has 0 spiro atoms. The second-order valence-electron chi connectivity index (χ2n) is 1.81. The van der Waals surface area contributed by atoms with Gasteiger partial charge in [-0.3, -0.25) is 0 Å². The topological polar surface area (TPSA) is 21.7 Å². The molecule has 1 aliphatic rings. The normalized spacial score (nSPS) is 18.9. The van der Waals surface area contributed by atoms with Crippen molar-refractivity contribution < 1.29 is 9.47 Å². The Morgan fingerprint density at radius 2 is 1.75 bits per heavy atom. The van der Waals surface area contributed by atoms with Crippen LogP contribution < -0.4 is 0 Å². The van der Waals surface area contributed by atoms with Gasteiger partial charge in [0.25, 0.3) is 0 Å². The van der Waals surface area contributed by atoms with Crippen LogP contribution in [0.1, 0.15) is 0 Å². The molecule has 1 aliphatic heterocycles. The first-order valence-electron chi connectivity index (χ1n) is 2.43. The van der Waals surface area contributed by atoms with E-state index in [-0.39, 0.29) is 6.41 Å². The molecule has 46 valence electrons. The zero-order chi connectivity index (χ0) is 5.98. The molecule has 0 bridgehead atoms. The quantitative estimate of drug-likeness (QED) is 0.492. The Hall–Kier alpha value is -0.700. The van der Waals surface area contributed by atoms with Gasteiger partial charge in [-0.15, -0.1) is 0 Å². The van der Waals surface area contributed by atoms with Crippen LogP contribution >= 0.6 is 0 Å². The van der Waals surface area contributed by atoms with Gasteiger partial charge in [-0.05, 0) is 14.1 Å². The zero-order valence-electron chi connectivity index (χ0n) is 5.00. The average molecular weight is 115 g/mol. The van der Waals surface area contributed by atoms with E-state index in [1.54, 1.807) is 0 Å². The first-order chi connectivity index (χ1) is 3.80. The number of hydrogen-bond donors (Lipinski definition) is 0. The van der Waals surface area contributed by atoms with Gasteiger partial charge in [0.15, 0.2) is 0 Å². The Labute approximate surface area is 48.5 Å². The predicted molar refractivity (Wildman–Crippen MR) is 28.8 cm³/mol. The van der Waals surface area contributed by atoms with Crippen LogP contribution in [0.5, 0.6) is 0 Å². The summed E-state index contributed by atoms with van der Waals surface area (Å²) in [5.41, 5.74) is 0. The van der Waals surface area contributed by atoms with Crippen molar-refractivity contribution in [3.8, 4) is 0 Å². The molecular formula is C5H9NO2. The molecule has 3 nitrogen and oxygen atoms in total. The fraction of sp³-hybridized carbons (Fsp3) is 0.600. The van der Waals surface area contributed by atoms with Crippen LogP contribution in [0.25, 0.3) is 0 Å². The second kappa shape index (κ2) is 2.05. The van der Waals surface area contributed by atoms with Gasteiger partial charge < -0.3 is 9.47 Å². The summed E-state index contributed by atoms with van der Waals surface area (Å²) in [7, 11) is 3.77. The third-order valence-corrected chi connectivity index (χ3v) is 0.867. The van der Waals surface area contributed by atoms with Crippen molar-refractivity contribution in [3.63, 3.8) is 0 Å². The van der Waals surface area contributed by atoms with Crippen molar-refractivity contribution in [2.45, 2.75) is 6.41 Å². The number of rotatable bonds is 1. The fourth-order valence-corrected chi connectivity index (χ4v) is 0.474. The van der Waals surface area contributed by atoms with E-state index in [0.717, 1.165) is 0 Å². The Bertz CT molecular complexity index is 92.6. The molecule has 0 saturated heterocycles. The average Bonchev–Trinajstić information content (AvgIpc) is 2.12. The van der Waals surface area contributed by atoms with Crippen LogP contribution in [0.15, 0.2) is 12.5 Å². The van der Waals surface area contributed by atoms with Gasteiger partial charge in [0.05, 0.1) is 0 Å². The van der Waals surface area contributed by atoms with Gasteiger partial charge in [0.2, 0.25) is 0 Å². The van der Waals surface area contributed by atoms with Crippen molar-refractivity contribution in [1.29, 1.82) is 0 Å². The highest BCUT2D eigenvalue weighted by molar-refractivity contribution is 4.69. The molecule has 1 rings (SSSR count). The van der Waals surface area contributed by atoms with Crippen LogP contribution in [-0.4, -0.2) is 25.4 Å². The first kappa shape index (κ1) is 5.44. The summed E-state index contributed by atoms with van der Waals surface area (Å²) < 4.78 is 9.88. The third-order valence-electron chi connectivity index (χ3n) is 0.867. The maximum Gasteiger partial charge on any atom is 0.303 e. The van der Waals surface area contributed by atoms with Gasteiger partial charge in [-0.2, -0.15) is 0 Å². The van der Waals surface area contributed by atoms with Crippen LogP contribution in [0, 0.1) is 0 Å². The molecule has 3 heteroatoms. The smallest absolute Gasteiger partial charge is 0.303 e. The summed E-state index contributed by atoms with van der Waals surface area (Å²) in [5.74, 6) is 0. The predicted octanol–water partition coefficient (Wildman–Crippen LogP) is 0.350. The first-order valence-corrected chi connectivity index (χ1v) is 2.43. The lowest BCUT2D eigenvalue weighted by Crippen LogP contribution is -2.27. The van der Waals surface area contributed by atoms with E-state index in [4.69, 9.17) is 9.47 Å². The Morgan fingerprint density at radius 1 is 1.25 bits per heavy atom. The summed E-state index contributed by atoms with van der Waals surface area (Å²) in [5, 5.41) is 0. The largest absolute Gasteiger partial charge is 0.446 e. The summed E-state index contributed by atoms with van der Waals surface area (Å²) in [4.78, 5) is 1.83. The zero-order valence-corrected chi connectivity index (χ0v) is 5.00. The monoisotopic (exact) mass is 115 g/mol. The lowest BCUT2D eigenvalue weighted by atomic mass is 10.9. The van der Waals surface area contributed by atoms with Crippen molar-refractivity contribution in [3.05, 3.63) is 12.5 Å². The van der Waals surface area contributed by atoms with Gasteiger partial charge in [-0.1, -0.05) is 0 Å². The molecule has 8 heavy (non-hydrogen) atoms. The van der Waals surface area contributed by atoms with Crippen LogP contribution in [0.3, 0.4) is 0 Å². The Kier molecular flexibility index (Phi) is 1.39. The van der Waals surface area contributed by atoms with Crippen molar-refractivity contribution in [2.24, 2.45) is 0 Å². The van der Waals surface area contributed by atoms with Crippen LogP contribution in [0.2, 0.25) is 0 Å². The fourth-order valence-electron chi connectivity index (χ4n) is 0.474. The summed E-state index contributed by atoms with van der Waals surface area (Å²) >= 11 is 0. The number of nitrogens with zero attached hydrogens (tertiary/aromatic N) is 1. The lowest BCUT2D eigenvalue weighted by molar-refractivity contribution is -0.117. The lowest BCUT2D eigenvalue weighted by Gasteiger charge is -2.16. The van der Waals surface area contributed by atoms with Crippen molar-refractivity contribution in [1.82, 2.24) is 4.90 Å². The second-order valence-corrected chi connectivity index (χ2v) is 1.81. The van der Waals surface area contributed by atoms with Gasteiger partial charge in [-0.25, -0.2) is 4.90 Å². The van der Waals surface area contributed by atoms with E-state index in [0.29, 0.717) is 0 Å². The third kappa shape index (κ3) is 0.924. The summed E-state index contributed by atoms with van der Waals surface area (Å²) in [6.07, 6.45) is 2.85. The number of ether oxygens (including phenoxy) is 2. The minimum Gasteiger partial charge on any atom is -0.446 e. The number of hydrogen-bond acceptors (Lipinski definition) is 3. The molecule has 0 aromatic carbocycles. The van der Waals surface area contributed by atoms with Crippen molar-refractivity contribution >= 4 is 0 Å². The highest BCUT2D eigenvalue weighted by atomic mass is 16.7. The molecule has 0 amide bonds. The van der Waals surface area contributed by atoms with E-state index >= 15 is 0 Å². The molecular weight excluding hydrogens is 106 g/mol. The van der Waals surface area contributed by atoms with E-state index in [9.17, 15) is 0 Å². The molecule has 0 N–H and O–H groups in total. The molecule has 0 fully saturated rings. The van der Waals surface area contributed by atoms with E-state index in [1.807, 2.05) is 19.0 Å². The van der Waals surface area contributed by atoms with Crippen molar-refractivity contribution in [2.75, 3.05) is 14.1 Å². The van der Waals surface area contributed by atoms with Gasteiger partial charge in [0.1, 0.15) is 12.5 Å².